The molecule has 3 amide bonds. The molecule has 0 bridgehead atoms. The average molecular weight is 589 g/mol. The third-order valence-corrected chi connectivity index (χ3v) is 8.01. The Bertz CT molecular complexity index is 1250. The van der Waals surface area contributed by atoms with Gasteiger partial charge in [-0.2, -0.15) is 0 Å². The largest absolute Gasteiger partial charge is 0.453 e. The molecular formula is C33H40N4O4S. The molecule has 4 rings (SSSR count). The Morgan fingerprint density at radius 2 is 1.38 bits per heavy atom. The fraction of sp³-hybridized carbons (Fsp3) is 0.364. The summed E-state index contributed by atoms with van der Waals surface area (Å²) < 4.78 is 5.39. The fourth-order valence-electron chi connectivity index (χ4n) is 4.76. The minimum Gasteiger partial charge on any atom is -0.453 e. The van der Waals surface area contributed by atoms with Gasteiger partial charge in [-0.05, 0) is 41.9 Å². The SMILES string of the molecule is CN1CCN(C(=O)C(Cc2ccccc2)NC(=O)N(CCSC(=O)OCc2ccccc2)CCc2ccccc2)CC1. The molecular weight excluding hydrogens is 548 g/mol. The topological polar surface area (TPSA) is 82.2 Å². The third-order valence-electron chi connectivity index (χ3n) is 7.27. The molecule has 0 aromatic heterocycles. The predicted molar refractivity (Wildman–Crippen MR) is 167 cm³/mol. The van der Waals surface area contributed by atoms with E-state index in [2.05, 4.69) is 10.2 Å². The zero-order chi connectivity index (χ0) is 29.6. The van der Waals surface area contributed by atoms with Crippen LogP contribution < -0.4 is 5.32 Å². The van der Waals surface area contributed by atoms with Crippen molar-refractivity contribution in [3.05, 3.63) is 108 Å². The van der Waals surface area contributed by atoms with E-state index >= 15 is 0 Å². The Morgan fingerprint density at radius 3 is 2.00 bits per heavy atom. The average Bonchev–Trinajstić information content (AvgIpc) is 3.03. The lowest BCUT2D eigenvalue weighted by Gasteiger charge is -2.35. The number of nitrogens with one attached hydrogen (secondary N) is 1. The maximum absolute atomic E-state index is 13.7. The van der Waals surface area contributed by atoms with Crippen molar-refractivity contribution in [3.8, 4) is 0 Å². The second kappa shape index (κ2) is 16.6. The van der Waals surface area contributed by atoms with Gasteiger partial charge in [-0.1, -0.05) is 91.0 Å². The number of ether oxygens (including phenoxy) is 1. The zero-order valence-electron chi connectivity index (χ0n) is 24.2. The van der Waals surface area contributed by atoms with Crippen LogP contribution in [0.3, 0.4) is 0 Å². The molecule has 1 N–H and O–H groups in total. The van der Waals surface area contributed by atoms with Crippen LogP contribution in [0.5, 0.6) is 0 Å². The van der Waals surface area contributed by atoms with Crippen molar-refractivity contribution in [3.63, 3.8) is 0 Å². The maximum atomic E-state index is 13.7. The van der Waals surface area contributed by atoms with Gasteiger partial charge in [-0.25, -0.2) is 9.59 Å². The minimum atomic E-state index is -0.689. The van der Waals surface area contributed by atoms with Gasteiger partial charge >= 0.3 is 11.3 Å². The first kappa shape index (κ1) is 31.1. The molecule has 42 heavy (non-hydrogen) atoms. The van der Waals surface area contributed by atoms with Gasteiger partial charge in [0.25, 0.3) is 0 Å². The van der Waals surface area contributed by atoms with Crippen LogP contribution in [0.25, 0.3) is 0 Å². The highest BCUT2D eigenvalue weighted by molar-refractivity contribution is 8.13. The van der Waals surface area contributed by atoms with Gasteiger partial charge in [0.1, 0.15) is 12.6 Å². The Balaban J connectivity index is 1.40. The van der Waals surface area contributed by atoms with Crippen molar-refractivity contribution < 1.29 is 19.1 Å². The quantitative estimate of drug-likeness (QED) is 0.309. The Kier molecular flexibility index (Phi) is 12.3. The van der Waals surface area contributed by atoms with E-state index in [1.54, 1.807) is 4.90 Å². The molecule has 3 aromatic carbocycles. The van der Waals surface area contributed by atoms with Crippen molar-refractivity contribution >= 4 is 29.0 Å². The molecule has 1 fully saturated rings. The molecule has 0 saturated carbocycles. The van der Waals surface area contributed by atoms with Crippen LogP contribution in [-0.4, -0.2) is 90.1 Å². The number of likely N-dealkylation sites (N-methyl/N-ethyl adjacent to an activating group) is 1. The second-order valence-corrected chi connectivity index (χ2v) is 11.4. The molecule has 1 saturated heterocycles. The van der Waals surface area contributed by atoms with Crippen LogP contribution in [0.1, 0.15) is 16.7 Å². The first-order valence-electron chi connectivity index (χ1n) is 14.4. The number of nitrogens with zero attached hydrogens (tertiary/aromatic N) is 3. The second-order valence-electron chi connectivity index (χ2n) is 10.4. The summed E-state index contributed by atoms with van der Waals surface area (Å²) in [5, 5.41) is 2.67. The summed E-state index contributed by atoms with van der Waals surface area (Å²) in [5.41, 5.74) is 3.02. The van der Waals surface area contributed by atoms with E-state index in [1.807, 2.05) is 103 Å². The molecule has 0 radical (unpaired) electrons. The van der Waals surface area contributed by atoms with Gasteiger partial charge in [0, 0.05) is 51.4 Å². The van der Waals surface area contributed by atoms with Crippen LogP contribution in [-0.2, 0) is 29.0 Å². The zero-order valence-corrected chi connectivity index (χ0v) is 25.0. The summed E-state index contributed by atoms with van der Waals surface area (Å²) in [7, 11) is 2.05. The van der Waals surface area contributed by atoms with Crippen LogP contribution in [0, 0.1) is 0 Å². The van der Waals surface area contributed by atoms with Crippen molar-refractivity contribution in [2.75, 3.05) is 52.1 Å². The predicted octanol–water partition coefficient (Wildman–Crippen LogP) is 4.70. The smallest absolute Gasteiger partial charge is 0.367 e. The van der Waals surface area contributed by atoms with E-state index in [0.29, 0.717) is 44.8 Å². The number of thioether (sulfide) groups is 1. The molecule has 1 aliphatic rings. The molecule has 0 aliphatic carbocycles. The molecule has 0 spiro atoms. The number of carbonyl (C=O) groups excluding carboxylic acids is 3. The maximum Gasteiger partial charge on any atom is 0.367 e. The van der Waals surface area contributed by atoms with Gasteiger partial charge < -0.3 is 24.8 Å². The Morgan fingerprint density at radius 1 is 0.810 bits per heavy atom. The number of benzene rings is 3. The molecule has 8 nitrogen and oxygen atoms in total. The number of urea groups is 1. The lowest BCUT2D eigenvalue weighted by atomic mass is 10.0. The number of rotatable bonds is 12. The summed E-state index contributed by atoms with van der Waals surface area (Å²) in [5.74, 6) is 0.313. The third kappa shape index (κ3) is 10.2. The standard InChI is InChI=1S/C33H40N4O4S/c1-35-19-21-36(22-20-35)31(38)30(25-28-13-7-3-8-14-28)34-32(39)37(18-17-27-11-5-2-6-12-27)23-24-42-33(40)41-26-29-15-9-4-10-16-29/h2-16,30H,17-26H2,1H3,(H,34,39). The molecule has 1 aliphatic heterocycles. The van der Waals surface area contributed by atoms with Crippen LogP contribution in [0.15, 0.2) is 91.0 Å². The van der Waals surface area contributed by atoms with E-state index in [9.17, 15) is 14.4 Å². The van der Waals surface area contributed by atoms with Crippen molar-refractivity contribution in [2.45, 2.75) is 25.5 Å². The van der Waals surface area contributed by atoms with Gasteiger partial charge in [0.2, 0.25) is 5.91 Å². The number of piperazine rings is 1. The molecule has 1 unspecified atom stereocenters. The molecule has 222 valence electrons. The first-order chi connectivity index (χ1) is 20.5. The lowest BCUT2D eigenvalue weighted by molar-refractivity contribution is -0.134. The monoisotopic (exact) mass is 588 g/mol. The Labute approximate surface area is 253 Å². The van der Waals surface area contributed by atoms with Crippen LogP contribution in [0.2, 0.25) is 0 Å². The first-order valence-corrected chi connectivity index (χ1v) is 15.4. The Hall–Kier alpha value is -3.82. The normalized spacial score (nSPS) is 14.2. The highest BCUT2D eigenvalue weighted by Gasteiger charge is 2.29. The summed E-state index contributed by atoms with van der Waals surface area (Å²) in [4.78, 5) is 45.5. The fourth-order valence-corrected chi connectivity index (χ4v) is 5.38. The van der Waals surface area contributed by atoms with Crippen molar-refractivity contribution in [1.82, 2.24) is 20.0 Å². The summed E-state index contributed by atoms with van der Waals surface area (Å²) >= 11 is 1.05. The van der Waals surface area contributed by atoms with E-state index in [1.165, 1.54) is 0 Å². The molecule has 9 heteroatoms. The number of amides is 3. The van der Waals surface area contributed by atoms with Gasteiger partial charge in [0.05, 0.1) is 0 Å². The number of hydrogen-bond donors (Lipinski definition) is 1. The van der Waals surface area contributed by atoms with Crippen molar-refractivity contribution in [2.24, 2.45) is 0 Å². The summed E-state index contributed by atoms with van der Waals surface area (Å²) in [6.45, 7) is 3.88. The highest BCUT2D eigenvalue weighted by Crippen LogP contribution is 2.13. The van der Waals surface area contributed by atoms with Crippen molar-refractivity contribution in [1.29, 1.82) is 0 Å². The number of carbonyl (C=O) groups is 3. The minimum absolute atomic E-state index is 0.0674. The van der Waals surface area contributed by atoms with Crippen LogP contribution in [0.4, 0.5) is 9.59 Å². The van der Waals surface area contributed by atoms with Gasteiger partial charge in [-0.15, -0.1) is 0 Å². The van der Waals surface area contributed by atoms with E-state index in [4.69, 9.17) is 4.74 Å². The van der Waals surface area contributed by atoms with Crippen LogP contribution >= 0.6 is 11.8 Å². The molecule has 3 aromatic rings. The van der Waals surface area contributed by atoms with E-state index < -0.39 is 6.04 Å². The van der Waals surface area contributed by atoms with Gasteiger partial charge in [0.15, 0.2) is 0 Å². The molecule has 1 heterocycles. The highest BCUT2D eigenvalue weighted by atomic mass is 32.2. The van der Waals surface area contributed by atoms with E-state index in [0.717, 1.165) is 41.5 Å². The van der Waals surface area contributed by atoms with E-state index in [-0.39, 0.29) is 23.8 Å². The summed E-state index contributed by atoms with van der Waals surface area (Å²) in [6, 6.07) is 28.3. The molecule has 1 atom stereocenters. The number of hydrogen-bond acceptors (Lipinski definition) is 6. The summed E-state index contributed by atoms with van der Waals surface area (Å²) in [6.07, 6.45) is 1.07. The van der Waals surface area contributed by atoms with Gasteiger partial charge in [-0.3, -0.25) is 4.79 Å². The lowest BCUT2D eigenvalue weighted by Crippen LogP contribution is -2.57.